The first kappa shape index (κ1) is 20.8. The number of hydrogen-bond donors (Lipinski definition) is 4. The van der Waals surface area contributed by atoms with Crippen molar-refractivity contribution in [3.8, 4) is 0 Å². The van der Waals surface area contributed by atoms with E-state index < -0.39 is 17.5 Å². The first-order valence-corrected chi connectivity index (χ1v) is 7.16. The van der Waals surface area contributed by atoms with Gasteiger partial charge in [-0.15, -0.1) is 0 Å². The highest BCUT2D eigenvalue weighted by atomic mass is 16.4. The largest absolute Gasteiger partial charge is 0.481 e. The number of carboxylic acid groups (broad SMARTS) is 2. The second kappa shape index (κ2) is 10.5. The van der Waals surface area contributed by atoms with Crippen molar-refractivity contribution in [1.82, 2.24) is 4.98 Å². The van der Waals surface area contributed by atoms with E-state index in [1.165, 1.54) is 5.69 Å². The van der Waals surface area contributed by atoms with Crippen molar-refractivity contribution in [3.05, 3.63) is 24.5 Å². The fraction of sp³-hybridized carbons (Fsp3) is 0.533. The van der Waals surface area contributed by atoms with E-state index in [-0.39, 0.29) is 0 Å². The number of anilines is 1. The molecule has 0 radical (unpaired) electrons. The lowest BCUT2D eigenvalue weighted by Gasteiger charge is -2.38. The Morgan fingerprint density at radius 2 is 1.57 bits per heavy atom. The second-order valence-corrected chi connectivity index (χ2v) is 5.16. The van der Waals surface area contributed by atoms with Gasteiger partial charge in [-0.3, -0.25) is 14.6 Å². The number of nitrogens with two attached hydrogens (primary N) is 1. The maximum Gasteiger partial charge on any atom is 0.300 e. The minimum absolute atomic E-state index is 0.358. The summed E-state index contributed by atoms with van der Waals surface area (Å²) in [7, 11) is 0. The van der Waals surface area contributed by atoms with Crippen LogP contribution in [0.4, 0.5) is 5.69 Å². The smallest absolute Gasteiger partial charge is 0.300 e. The Morgan fingerprint density at radius 3 is 1.91 bits per heavy atom. The Labute approximate surface area is 135 Å². The number of carbonyl (C=O) groups is 2. The number of pyridine rings is 1. The van der Waals surface area contributed by atoms with Gasteiger partial charge in [0.15, 0.2) is 0 Å². The average molecular weight is 327 g/mol. The van der Waals surface area contributed by atoms with Crippen LogP contribution >= 0.6 is 0 Å². The molecule has 0 aliphatic carbocycles. The lowest BCUT2D eigenvalue weighted by atomic mass is 9.91. The molecule has 23 heavy (non-hydrogen) atoms. The Balaban J connectivity index is 0.000000509. The zero-order valence-electron chi connectivity index (χ0n) is 13.5. The molecule has 0 atom stereocenters. The molecule has 8 heteroatoms. The van der Waals surface area contributed by atoms with Crippen LogP contribution in [-0.2, 0) is 9.59 Å². The van der Waals surface area contributed by atoms with Crippen molar-refractivity contribution in [1.29, 1.82) is 0 Å². The van der Waals surface area contributed by atoms with E-state index in [1.54, 1.807) is 12.4 Å². The highest BCUT2D eigenvalue weighted by molar-refractivity contribution is 5.63. The molecular weight excluding hydrogens is 302 g/mol. The van der Waals surface area contributed by atoms with Crippen LogP contribution in [-0.4, -0.2) is 57.5 Å². The molecule has 130 valence electrons. The number of hydrogen-bond acceptors (Lipinski definition) is 6. The Morgan fingerprint density at radius 1 is 1.17 bits per heavy atom. The lowest BCUT2D eigenvalue weighted by Crippen LogP contribution is -2.48. The van der Waals surface area contributed by atoms with E-state index in [1.807, 2.05) is 12.1 Å². The van der Waals surface area contributed by atoms with Gasteiger partial charge in [0.05, 0.1) is 5.60 Å². The minimum Gasteiger partial charge on any atom is -0.481 e. The number of piperidine rings is 1. The minimum atomic E-state index is -0.833. The highest BCUT2D eigenvalue weighted by Gasteiger charge is 2.30. The molecule has 1 aromatic heterocycles. The molecule has 1 aromatic rings. The maximum atomic E-state index is 9.98. The predicted octanol–water partition coefficient (Wildman–Crippen LogP) is 0.553. The normalized spacial score (nSPS) is 15.4. The Bertz CT molecular complexity index is 453. The summed E-state index contributed by atoms with van der Waals surface area (Å²) in [6.07, 6.45) is 5.07. The SMILES string of the molecule is CC(=O)O.CC(=O)O.NCC1(O)CCN(c2ccncc2)CC1. The highest BCUT2D eigenvalue weighted by Crippen LogP contribution is 2.24. The zero-order valence-corrected chi connectivity index (χ0v) is 13.5. The van der Waals surface area contributed by atoms with Crippen LogP contribution in [0.15, 0.2) is 24.5 Å². The van der Waals surface area contributed by atoms with Crippen LogP contribution in [0, 0.1) is 0 Å². The van der Waals surface area contributed by atoms with Crippen molar-refractivity contribution in [2.75, 3.05) is 24.5 Å². The fourth-order valence-corrected chi connectivity index (χ4v) is 1.94. The third-order valence-corrected chi connectivity index (χ3v) is 3.10. The molecule has 1 aliphatic rings. The summed E-state index contributed by atoms with van der Waals surface area (Å²) < 4.78 is 0. The number of rotatable bonds is 2. The third-order valence-electron chi connectivity index (χ3n) is 3.10. The third kappa shape index (κ3) is 10.2. The summed E-state index contributed by atoms with van der Waals surface area (Å²) in [6, 6.07) is 3.99. The first-order valence-electron chi connectivity index (χ1n) is 7.16. The molecule has 0 unspecified atom stereocenters. The van der Waals surface area contributed by atoms with E-state index in [9.17, 15) is 5.11 Å². The van der Waals surface area contributed by atoms with Crippen LogP contribution < -0.4 is 10.6 Å². The Hall–Kier alpha value is -2.19. The van der Waals surface area contributed by atoms with Gasteiger partial charge < -0.3 is 26.0 Å². The van der Waals surface area contributed by atoms with Crippen molar-refractivity contribution >= 4 is 17.6 Å². The molecule has 8 nitrogen and oxygen atoms in total. The summed E-state index contributed by atoms with van der Waals surface area (Å²) in [5.41, 5.74) is 6.06. The Kier molecular flexibility index (Phi) is 9.52. The molecule has 2 rings (SSSR count). The number of aliphatic carboxylic acids is 2. The second-order valence-electron chi connectivity index (χ2n) is 5.16. The van der Waals surface area contributed by atoms with Crippen LogP contribution in [0.2, 0.25) is 0 Å². The predicted molar refractivity (Wildman–Crippen MR) is 86.3 cm³/mol. The van der Waals surface area contributed by atoms with Crippen LogP contribution in [0.1, 0.15) is 26.7 Å². The van der Waals surface area contributed by atoms with Gasteiger partial charge in [-0.05, 0) is 25.0 Å². The van der Waals surface area contributed by atoms with Crippen molar-refractivity contribution in [2.45, 2.75) is 32.3 Å². The van der Waals surface area contributed by atoms with E-state index >= 15 is 0 Å². The summed E-state index contributed by atoms with van der Waals surface area (Å²) in [5, 5.41) is 24.8. The van der Waals surface area contributed by atoms with Gasteiger partial charge in [0.2, 0.25) is 0 Å². The van der Waals surface area contributed by atoms with Gasteiger partial charge in [-0.2, -0.15) is 0 Å². The monoisotopic (exact) mass is 327 g/mol. The summed E-state index contributed by atoms with van der Waals surface area (Å²) in [5.74, 6) is -1.67. The average Bonchev–Trinajstić information content (AvgIpc) is 2.48. The standard InChI is InChI=1S/C11H17N3O.2C2H4O2/c12-9-11(15)3-7-14(8-4-11)10-1-5-13-6-2-10;2*1-2(3)4/h1-2,5-6,15H,3-4,7-9,12H2;2*1H3,(H,3,4). The van der Waals surface area contributed by atoms with E-state index in [2.05, 4.69) is 9.88 Å². The van der Waals surface area contributed by atoms with Gasteiger partial charge in [0.1, 0.15) is 0 Å². The van der Waals surface area contributed by atoms with Gasteiger partial charge in [-0.1, -0.05) is 0 Å². The number of aromatic nitrogens is 1. The number of carboxylic acids is 2. The van der Waals surface area contributed by atoms with Gasteiger partial charge in [-0.25, -0.2) is 0 Å². The molecule has 1 saturated heterocycles. The molecule has 5 N–H and O–H groups in total. The van der Waals surface area contributed by atoms with Crippen LogP contribution in [0.25, 0.3) is 0 Å². The lowest BCUT2D eigenvalue weighted by molar-refractivity contribution is -0.135. The summed E-state index contributed by atoms with van der Waals surface area (Å²) in [4.78, 5) is 24.2. The van der Waals surface area contributed by atoms with Crippen molar-refractivity contribution < 1.29 is 24.9 Å². The molecule has 0 spiro atoms. The molecule has 1 fully saturated rings. The quantitative estimate of drug-likeness (QED) is 0.618. The number of aliphatic hydroxyl groups is 1. The van der Waals surface area contributed by atoms with E-state index in [4.69, 9.17) is 25.5 Å². The number of nitrogens with zero attached hydrogens (tertiary/aromatic N) is 2. The summed E-state index contributed by atoms with van der Waals surface area (Å²) >= 11 is 0. The summed E-state index contributed by atoms with van der Waals surface area (Å²) in [6.45, 7) is 4.24. The van der Waals surface area contributed by atoms with Gasteiger partial charge in [0, 0.05) is 51.6 Å². The molecule has 0 bridgehead atoms. The van der Waals surface area contributed by atoms with Crippen LogP contribution in [0.3, 0.4) is 0 Å². The molecule has 0 saturated carbocycles. The molecule has 1 aliphatic heterocycles. The van der Waals surface area contributed by atoms with Gasteiger partial charge in [0.25, 0.3) is 11.9 Å². The maximum absolute atomic E-state index is 9.98. The van der Waals surface area contributed by atoms with Crippen molar-refractivity contribution in [2.24, 2.45) is 5.73 Å². The van der Waals surface area contributed by atoms with E-state index in [0.29, 0.717) is 6.54 Å². The molecule has 0 aromatic carbocycles. The fourth-order valence-electron chi connectivity index (χ4n) is 1.94. The van der Waals surface area contributed by atoms with E-state index in [0.717, 1.165) is 39.8 Å². The molecular formula is C15H25N3O5. The van der Waals surface area contributed by atoms with Crippen LogP contribution in [0.5, 0.6) is 0 Å². The molecule has 0 amide bonds. The first-order chi connectivity index (χ1) is 10.7. The topological polar surface area (TPSA) is 137 Å². The van der Waals surface area contributed by atoms with Crippen molar-refractivity contribution in [3.63, 3.8) is 0 Å². The molecule has 2 heterocycles. The zero-order chi connectivity index (χ0) is 17.9. The van der Waals surface area contributed by atoms with Gasteiger partial charge >= 0.3 is 0 Å².